The maximum atomic E-state index is 11.9. The van der Waals surface area contributed by atoms with Crippen LogP contribution in [-0.2, 0) is 11.2 Å². The number of carbonyl (C=O) groups is 1. The first-order valence-electron chi connectivity index (χ1n) is 7.38. The molecule has 1 aromatic carbocycles. The minimum Gasteiger partial charge on any atom is -0.497 e. The van der Waals surface area contributed by atoms with E-state index < -0.39 is 0 Å². The summed E-state index contributed by atoms with van der Waals surface area (Å²) in [6.45, 7) is 2.80. The number of amides is 1. The van der Waals surface area contributed by atoms with Crippen molar-refractivity contribution in [2.45, 2.75) is 25.7 Å². The van der Waals surface area contributed by atoms with E-state index in [0.717, 1.165) is 38.1 Å². The number of piperidine rings is 1. The van der Waals surface area contributed by atoms with Crippen molar-refractivity contribution in [3.05, 3.63) is 29.8 Å². The second-order valence-corrected chi connectivity index (χ2v) is 5.35. The Morgan fingerprint density at radius 1 is 1.29 bits per heavy atom. The fourth-order valence-electron chi connectivity index (χ4n) is 2.56. The molecule has 1 fully saturated rings. The average molecular weight is 313 g/mol. The summed E-state index contributed by atoms with van der Waals surface area (Å²) in [5.41, 5.74) is 1.22. The van der Waals surface area contributed by atoms with E-state index in [1.807, 2.05) is 24.3 Å². The fourth-order valence-corrected chi connectivity index (χ4v) is 2.56. The summed E-state index contributed by atoms with van der Waals surface area (Å²) >= 11 is 0. The van der Waals surface area contributed by atoms with E-state index in [4.69, 9.17) is 4.74 Å². The van der Waals surface area contributed by atoms with Gasteiger partial charge in [-0.05, 0) is 56.0 Å². The number of halogens is 1. The second-order valence-electron chi connectivity index (χ2n) is 5.35. The molecule has 0 atom stereocenters. The smallest absolute Gasteiger partial charge is 0.220 e. The monoisotopic (exact) mass is 312 g/mol. The molecule has 21 heavy (non-hydrogen) atoms. The number of nitrogens with one attached hydrogen (secondary N) is 2. The molecule has 0 unspecified atom stereocenters. The normalized spacial score (nSPS) is 15.1. The molecule has 1 amide bonds. The average Bonchev–Trinajstić information content (AvgIpc) is 2.49. The van der Waals surface area contributed by atoms with Crippen LogP contribution in [0.25, 0.3) is 0 Å². The van der Waals surface area contributed by atoms with E-state index in [0.29, 0.717) is 18.9 Å². The first-order chi connectivity index (χ1) is 9.78. The van der Waals surface area contributed by atoms with Crippen LogP contribution in [0.1, 0.15) is 24.8 Å². The van der Waals surface area contributed by atoms with Crippen LogP contribution < -0.4 is 15.4 Å². The summed E-state index contributed by atoms with van der Waals surface area (Å²) < 4.78 is 5.12. The largest absolute Gasteiger partial charge is 0.497 e. The minimum absolute atomic E-state index is 0. The number of hydrogen-bond acceptors (Lipinski definition) is 3. The van der Waals surface area contributed by atoms with Crippen molar-refractivity contribution in [3.63, 3.8) is 0 Å². The first kappa shape index (κ1) is 17.8. The zero-order valence-corrected chi connectivity index (χ0v) is 13.4. The van der Waals surface area contributed by atoms with E-state index in [1.165, 1.54) is 5.56 Å². The van der Waals surface area contributed by atoms with Gasteiger partial charge >= 0.3 is 0 Å². The van der Waals surface area contributed by atoms with Crippen LogP contribution in [0.3, 0.4) is 0 Å². The lowest BCUT2D eigenvalue weighted by Gasteiger charge is -2.21. The highest BCUT2D eigenvalue weighted by Gasteiger charge is 2.16. The molecule has 1 aliphatic rings. The van der Waals surface area contributed by atoms with Gasteiger partial charge in [-0.25, -0.2) is 0 Å². The lowest BCUT2D eigenvalue weighted by atomic mass is 9.94. The van der Waals surface area contributed by atoms with Crippen molar-refractivity contribution in [2.75, 3.05) is 26.7 Å². The molecule has 2 N–H and O–H groups in total. The Morgan fingerprint density at radius 2 is 1.95 bits per heavy atom. The minimum atomic E-state index is 0. The number of carbonyl (C=O) groups excluding carboxylic acids is 1. The quantitative estimate of drug-likeness (QED) is 0.846. The number of ether oxygens (including phenoxy) is 1. The van der Waals surface area contributed by atoms with Crippen molar-refractivity contribution < 1.29 is 9.53 Å². The first-order valence-corrected chi connectivity index (χ1v) is 7.38. The molecule has 1 saturated heterocycles. The molecule has 2 rings (SSSR count). The Labute approximate surface area is 133 Å². The third-order valence-electron chi connectivity index (χ3n) is 3.83. The van der Waals surface area contributed by atoms with Gasteiger partial charge in [-0.3, -0.25) is 4.79 Å². The third-order valence-corrected chi connectivity index (χ3v) is 3.83. The second kappa shape index (κ2) is 9.64. The molecule has 1 aliphatic heterocycles. The van der Waals surface area contributed by atoms with Gasteiger partial charge in [0, 0.05) is 13.0 Å². The summed E-state index contributed by atoms with van der Waals surface area (Å²) in [4.78, 5) is 11.9. The summed E-state index contributed by atoms with van der Waals surface area (Å²) in [5.74, 6) is 1.60. The Bertz CT molecular complexity index is 417. The molecule has 1 aromatic rings. The predicted octanol–water partition coefficient (Wildman–Crippen LogP) is 2.17. The van der Waals surface area contributed by atoms with Gasteiger partial charge in [0.1, 0.15) is 5.75 Å². The molecule has 0 spiro atoms. The molecular formula is C16H25ClN2O2. The zero-order valence-electron chi connectivity index (χ0n) is 12.6. The molecule has 5 heteroatoms. The van der Waals surface area contributed by atoms with Crippen LogP contribution in [0.15, 0.2) is 24.3 Å². The van der Waals surface area contributed by atoms with Gasteiger partial charge < -0.3 is 15.4 Å². The topological polar surface area (TPSA) is 50.4 Å². The highest BCUT2D eigenvalue weighted by Crippen LogP contribution is 2.15. The molecule has 1 heterocycles. The van der Waals surface area contributed by atoms with Crippen LogP contribution in [0.5, 0.6) is 5.75 Å². The Morgan fingerprint density at radius 3 is 2.57 bits per heavy atom. The van der Waals surface area contributed by atoms with Gasteiger partial charge in [-0.1, -0.05) is 12.1 Å². The molecule has 0 radical (unpaired) electrons. The maximum absolute atomic E-state index is 11.9. The van der Waals surface area contributed by atoms with E-state index in [-0.39, 0.29) is 18.3 Å². The van der Waals surface area contributed by atoms with Crippen LogP contribution in [0.4, 0.5) is 0 Å². The number of methoxy groups -OCH3 is 1. The fraction of sp³-hybridized carbons (Fsp3) is 0.562. The van der Waals surface area contributed by atoms with E-state index in [9.17, 15) is 4.79 Å². The van der Waals surface area contributed by atoms with Gasteiger partial charge in [0.15, 0.2) is 0 Å². The maximum Gasteiger partial charge on any atom is 0.220 e. The lowest BCUT2D eigenvalue weighted by Crippen LogP contribution is -2.33. The van der Waals surface area contributed by atoms with Crippen molar-refractivity contribution in [3.8, 4) is 5.75 Å². The molecular weight excluding hydrogens is 288 g/mol. The zero-order chi connectivity index (χ0) is 14.2. The van der Waals surface area contributed by atoms with Gasteiger partial charge in [-0.2, -0.15) is 0 Å². The van der Waals surface area contributed by atoms with Gasteiger partial charge in [0.25, 0.3) is 0 Å². The summed E-state index contributed by atoms with van der Waals surface area (Å²) in [6, 6.07) is 7.98. The number of rotatable bonds is 6. The van der Waals surface area contributed by atoms with Crippen LogP contribution in [0, 0.1) is 5.92 Å². The van der Waals surface area contributed by atoms with Crippen molar-refractivity contribution in [1.82, 2.24) is 10.6 Å². The standard InChI is InChI=1S/C16H24N2O2.ClH/c1-20-15-4-2-13(3-5-15)8-11-18-16(19)12-14-6-9-17-10-7-14;/h2-5,14,17H,6-12H2,1H3,(H,18,19);1H. The molecule has 0 aromatic heterocycles. The third kappa shape index (κ3) is 6.36. The van der Waals surface area contributed by atoms with E-state index in [2.05, 4.69) is 10.6 Å². The SMILES string of the molecule is COc1ccc(CCNC(=O)CC2CCNCC2)cc1.Cl. The molecule has 0 aliphatic carbocycles. The highest BCUT2D eigenvalue weighted by molar-refractivity contribution is 5.85. The number of benzene rings is 1. The highest BCUT2D eigenvalue weighted by atomic mass is 35.5. The van der Waals surface area contributed by atoms with E-state index >= 15 is 0 Å². The Balaban J connectivity index is 0.00000220. The molecule has 0 saturated carbocycles. The number of hydrogen-bond donors (Lipinski definition) is 2. The molecule has 118 valence electrons. The van der Waals surface area contributed by atoms with Crippen molar-refractivity contribution >= 4 is 18.3 Å². The van der Waals surface area contributed by atoms with Crippen LogP contribution in [0.2, 0.25) is 0 Å². The van der Waals surface area contributed by atoms with Crippen molar-refractivity contribution in [1.29, 1.82) is 0 Å². The van der Waals surface area contributed by atoms with Crippen LogP contribution >= 0.6 is 12.4 Å². The summed E-state index contributed by atoms with van der Waals surface area (Å²) in [5, 5.41) is 6.34. The Kier molecular flexibility index (Phi) is 8.16. The summed E-state index contributed by atoms with van der Waals surface area (Å²) in [6.07, 6.45) is 3.77. The van der Waals surface area contributed by atoms with Crippen LogP contribution in [-0.4, -0.2) is 32.7 Å². The molecule has 4 nitrogen and oxygen atoms in total. The van der Waals surface area contributed by atoms with Gasteiger partial charge in [0.2, 0.25) is 5.91 Å². The van der Waals surface area contributed by atoms with E-state index in [1.54, 1.807) is 7.11 Å². The Hall–Kier alpha value is -1.26. The van der Waals surface area contributed by atoms with Gasteiger partial charge in [-0.15, -0.1) is 12.4 Å². The van der Waals surface area contributed by atoms with Crippen molar-refractivity contribution in [2.24, 2.45) is 5.92 Å². The lowest BCUT2D eigenvalue weighted by molar-refractivity contribution is -0.122. The molecule has 0 bridgehead atoms. The van der Waals surface area contributed by atoms with Gasteiger partial charge in [0.05, 0.1) is 7.11 Å². The predicted molar refractivity (Wildman–Crippen MR) is 87.2 cm³/mol. The summed E-state index contributed by atoms with van der Waals surface area (Å²) in [7, 11) is 1.66.